The zero-order valence-electron chi connectivity index (χ0n) is 8.31. The summed E-state index contributed by atoms with van der Waals surface area (Å²) in [5.74, 6) is -0.271. The quantitative estimate of drug-likeness (QED) is 0.332. The van der Waals surface area contributed by atoms with Gasteiger partial charge in [0.2, 0.25) is 0 Å². The minimum atomic E-state index is -0.899. The van der Waals surface area contributed by atoms with Crippen molar-refractivity contribution in [2.45, 2.75) is 31.0 Å². The van der Waals surface area contributed by atoms with Crippen molar-refractivity contribution in [3.05, 3.63) is 0 Å². The summed E-state index contributed by atoms with van der Waals surface area (Å²) in [4.78, 5) is 12.8. The average molecular weight is 189 g/mol. The van der Waals surface area contributed by atoms with Crippen LogP contribution in [0.4, 0.5) is 0 Å². The molecule has 4 nitrogen and oxygen atoms in total. The van der Waals surface area contributed by atoms with Crippen LogP contribution in [0.25, 0.3) is 0 Å². The van der Waals surface area contributed by atoms with E-state index in [-0.39, 0.29) is 30.9 Å². The normalized spacial score (nSPS) is 41.0. The predicted molar refractivity (Wildman–Crippen MR) is 41.8 cm³/mol. The van der Waals surface area contributed by atoms with Gasteiger partial charge in [0.1, 0.15) is 0 Å². The smallest absolute Gasteiger partial charge is 0.548 e. The number of hydrogen-bond donors (Lipinski definition) is 0. The van der Waals surface area contributed by atoms with Crippen LogP contribution < -0.4 is 24.0 Å². The van der Waals surface area contributed by atoms with Gasteiger partial charge in [-0.05, 0) is 18.8 Å². The third kappa shape index (κ3) is 1.51. The molecule has 2 aliphatic heterocycles. The van der Waals surface area contributed by atoms with Gasteiger partial charge in [0.25, 0.3) is 0 Å². The Labute approximate surface area is 94.8 Å². The fraction of sp³-hybridized carbons (Fsp3) is 0.889. The number of rotatable bonds is 3. The Hall–Kier alpha value is -0.0126. The third-order valence-electron chi connectivity index (χ3n) is 3.29. The van der Waals surface area contributed by atoms with Crippen LogP contribution in [-0.4, -0.2) is 42.2 Å². The molecule has 0 aromatic rings. The molecule has 2 saturated heterocycles. The largest absolute Gasteiger partial charge is 1.00 e. The van der Waals surface area contributed by atoms with E-state index < -0.39 is 5.97 Å². The number of carboxylic acid groups (broad SMARTS) is 1. The van der Waals surface area contributed by atoms with Gasteiger partial charge in [-0.15, -0.1) is 0 Å². The van der Waals surface area contributed by atoms with Gasteiger partial charge in [0.15, 0.2) is 0 Å². The second-order valence-electron chi connectivity index (χ2n) is 4.23. The van der Waals surface area contributed by atoms with Gasteiger partial charge in [0.05, 0.1) is 31.3 Å². The maximum atomic E-state index is 10.8. The minimum Gasteiger partial charge on any atom is -0.548 e. The molecule has 0 N–H and O–H groups in total. The van der Waals surface area contributed by atoms with E-state index in [4.69, 9.17) is 4.74 Å². The summed E-state index contributed by atoms with van der Waals surface area (Å²) in [5.41, 5.74) is 0. The average Bonchev–Trinajstić information content (AvgIpc) is 2.72. The van der Waals surface area contributed by atoms with E-state index in [1.165, 1.54) is 12.8 Å². The van der Waals surface area contributed by atoms with Crippen molar-refractivity contribution in [2.24, 2.45) is 5.92 Å². The molecule has 3 fully saturated rings. The van der Waals surface area contributed by atoms with E-state index in [9.17, 15) is 9.90 Å². The Morgan fingerprint density at radius 1 is 1.36 bits per heavy atom. The summed E-state index contributed by atoms with van der Waals surface area (Å²) in [7, 11) is 0. The maximum absolute atomic E-state index is 10.8. The number of carbonyl (C=O) groups excluding carboxylic acids is 1. The monoisotopic (exact) mass is 189 g/mol. The van der Waals surface area contributed by atoms with Gasteiger partial charge in [-0.1, -0.05) is 0 Å². The van der Waals surface area contributed by atoms with E-state index in [1.807, 2.05) is 0 Å². The van der Waals surface area contributed by atoms with Crippen molar-refractivity contribution in [1.82, 2.24) is 4.90 Å². The fourth-order valence-electron chi connectivity index (χ4n) is 2.33. The molecular weight excluding hydrogens is 177 g/mol. The molecule has 1 saturated carbocycles. The number of ether oxygens (including phenoxy) is 1. The molecule has 72 valence electrons. The van der Waals surface area contributed by atoms with Crippen molar-refractivity contribution in [1.29, 1.82) is 0 Å². The standard InChI is InChI=1S/C9H13NO3.Li/c11-9(12)8-7(5-1-2-5)10(8)6-3-13-4-6;/h5-8H,1-4H2,(H,11,12);/q;+1/p-1/t7-,8-,10?;/m0./s1. The van der Waals surface area contributed by atoms with Crippen LogP contribution in [0, 0.1) is 5.92 Å². The molecule has 3 rings (SSSR count). The molecule has 1 aliphatic carbocycles. The van der Waals surface area contributed by atoms with Crippen molar-refractivity contribution < 1.29 is 33.5 Å². The molecule has 0 radical (unpaired) electrons. The Bertz CT molecular complexity index is 252. The molecule has 0 bridgehead atoms. The Morgan fingerprint density at radius 2 is 2.00 bits per heavy atom. The summed E-state index contributed by atoms with van der Waals surface area (Å²) < 4.78 is 5.06. The second-order valence-corrected chi connectivity index (χ2v) is 4.23. The topological polar surface area (TPSA) is 52.4 Å². The molecule has 14 heavy (non-hydrogen) atoms. The van der Waals surface area contributed by atoms with E-state index in [0.29, 0.717) is 25.2 Å². The van der Waals surface area contributed by atoms with Gasteiger partial charge in [-0.3, -0.25) is 4.90 Å². The first-order chi connectivity index (χ1) is 6.29. The number of carbonyl (C=O) groups is 1. The van der Waals surface area contributed by atoms with Crippen LogP contribution in [0.15, 0.2) is 0 Å². The first-order valence-electron chi connectivity index (χ1n) is 4.85. The number of hydrogen-bond acceptors (Lipinski definition) is 4. The van der Waals surface area contributed by atoms with Crippen LogP contribution in [0.1, 0.15) is 12.8 Å². The maximum Gasteiger partial charge on any atom is 1.00 e. The van der Waals surface area contributed by atoms with Crippen LogP contribution in [0.2, 0.25) is 0 Å². The Balaban J connectivity index is 0.000000750. The first kappa shape index (κ1) is 10.5. The van der Waals surface area contributed by atoms with Crippen LogP contribution in [0.3, 0.4) is 0 Å². The second kappa shape index (κ2) is 3.53. The fourth-order valence-corrected chi connectivity index (χ4v) is 2.33. The predicted octanol–water partition coefficient (Wildman–Crippen LogP) is -4.40. The van der Waals surface area contributed by atoms with Gasteiger partial charge in [0, 0.05) is 6.04 Å². The zero-order valence-corrected chi connectivity index (χ0v) is 8.31. The molecule has 0 spiro atoms. The van der Waals surface area contributed by atoms with Gasteiger partial charge in [-0.2, -0.15) is 0 Å². The van der Waals surface area contributed by atoms with Crippen LogP contribution >= 0.6 is 0 Å². The first-order valence-corrected chi connectivity index (χ1v) is 4.85. The van der Waals surface area contributed by atoms with Crippen molar-refractivity contribution >= 4 is 5.97 Å². The Morgan fingerprint density at radius 3 is 2.36 bits per heavy atom. The number of carboxylic acids is 1. The van der Waals surface area contributed by atoms with E-state index >= 15 is 0 Å². The van der Waals surface area contributed by atoms with E-state index in [1.54, 1.807) is 0 Å². The summed E-state index contributed by atoms with van der Waals surface area (Å²) in [5, 5.41) is 10.8. The summed E-state index contributed by atoms with van der Waals surface area (Å²) in [6.07, 6.45) is 2.39. The number of nitrogens with zero attached hydrogens (tertiary/aromatic N) is 1. The molecule has 3 aliphatic rings. The molecule has 0 amide bonds. The van der Waals surface area contributed by atoms with Crippen LogP contribution in [-0.2, 0) is 9.53 Å². The van der Waals surface area contributed by atoms with Crippen molar-refractivity contribution in [2.75, 3.05) is 13.2 Å². The molecule has 0 aromatic heterocycles. The molecule has 5 heteroatoms. The minimum absolute atomic E-state index is 0. The molecular formula is C9H12LiNO3. The van der Waals surface area contributed by atoms with Crippen molar-refractivity contribution in [3.63, 3.8) is 0 Å². The van der Waals surface area contributed by atoms with E-state index in [2.05, 4.69) is 4.90 Å². The van der Waals surface area contributed by atoms with Gasteiger partial charge in [-0.25, -0.2) is 0 Å². The molecule has 1 unspecified atom stereocenters. The zero-order chi connectivity index (χ0) is 9.00. The summed E-state index contributed by atoms with van der Waals surface area (Å²) in [6, 6.07) is 0.328. The van der Waals surface area contributed by atoms with Crippen molar-refractivity contribution in [3.8, 4) is 0 Å². The SMILES string of the molecule is O=C([O-])[C@@H]1[C@H](C2CC2)N1C1COC1.[Li+]. The molecule has 3 atom stereocenters. The summed E-state index contributed by atoms with van der Waals surface area (Å²) >= 11 is 0. The Kier molecular flexibility index (Phi) is 2.65. The van der Waals surface area contributed by atoms with Crippen LogP contribution in [0.5, 0.6) is 0 Å². The van der Waals surface area contributed by atoms with E-state index in [0.717, 1.165) is 0 Å². The molecule has 0 aromatic carbocycles. The summed E-state index contributed by atoms with van der Waals surface area (Å²) in [6.45, 7) is 1.40. The van der Waals surface area contributed by atoms with Gasteiger partial charge < -0.3 is 14.6 Å². The number of aliphatic carboxylic acids is 1. The molecule has 2 heterocycles. The third-order valence-corrected chi connectivity index (χ3v) is 3.29. The van der Waals surface area contributed by atoms with Gasteiger partial charge >= 0.3 is 18.9 Å².